The van der Waals surface area contributed by atoms with Gasteiger partial charge in [0, 0.05) is 12.8 Å². The van der Waals surface area contributed by atoms with Gasteiger partial charge in [0.15, 0.2) is 0 Å². The van der Waals surface area contributed by atoms with Crippen LogP contribution in [-0.4, -0.2) is 22.2 Å². The first kappa shape index (κ1) is 17.9. The highest BCUT2D eigenvalue weighted by Crippen LogP contribution is 2.20. The Morgan fingerprint density at radius 2 is 1.42 bits per heavy atom. The molecule has 1 unspecified atom stereocenters. The molecule has 1 atom stereocenters. The number of unbranched alkanes of at least 4 members (excludes halogenated alkanes) is 6. The van der Waals surface area contributed by atoms with Gasteiger partial charge in [-0.15, -0.1) is 0 Å². The van der Waals surface area contributed by atoms with Crippen LogP contribution >= 0.6 is 0 Å². The van der Waals surface area contributed by atoms with Crippen molar-refractivity contribution in [1.29, 1.82) is 0 Å². The number of carbonyl (C=O) groups is 2. The minimum Gasteiger partial charge on any atom is -0.481 e. The van der Waals surface area contributed by atoms with Crippen molar-refractivity contribution in [3.63, 3.8) is 0 Å². The average Bonchev–Trinajstić information content (AvgIpc) is 2.33. The zero-order valence-electron chi connectivity index (χ0n) is 12.1. The quantitative estimate of drug-likeness (QED) is 0.495. The van der Waals surface area contributed by atoms with Gasteiger partial charge in [-0.1, -0.05) is 51.9 Å². The van der Waals surface area contributed by atoms with Crippen molar-refractivity contribution in [2.45, 2.75) is 77.6 Å². The third-order valence-electron chi connectivity index (χ3n) is 3.45. The molecule has 0 amide bonds. The lowest BCUT2D eigenvalue weighted by atomic mass is 9.93. The molecule has 0 radical (unpaired) electrons. The molecule has 19 heavy (non-hydrogen) atoms. The van der Waals surface area contributed by atoms with E-state index in [9.17, 15) is 9.59 Å². The molecule has 4 nitrogen and oxygen atoms in total. The Kier molecular flexibility index (Phi) is 11.3. The maximum absolute atomic E-state index is 10.7. The SMILES string of the molecule is CCCCCCCCCC(CCC(=O)O)CC(=O)O. The summed E-state index contributed by atoms with van der Waals surface area (Å²) in [6, 6.07) is 0. The van der Waals surface area contributed by atoms with Gasteiger partial charge >= 0.3 is 11.9 Å². The number of aliphatic carboxylic acids is 2. The van der Waals surface area contributed by atoms with Crippen molar-refractivity contribution in [3.05, 3.63) is 0 Å². The second-order valence-corrected chi connectivity index (χ2v) is 5.31. The van der Waals surface area contributed by atoms with Crippen molar-refractivity contribution in [2.75, 3.05) is 0 Å². The first-order valence-electron chi connectivity index (χ1n) is 7.49. The largest absolute Gasteiger partial charge is 0.481 e. The molecule has 112 valence electrons. The second kappa shape index (κ2) is 12.0. The number of hydrogen-bond donors (Lipinski definition) is 2. The van der Waals surface area contributed by atoms with Gasteiger partial charge in [0.2, 0.25) is 0 Å². The summed E-state index contributed by atoms with van der Waals surface area (Å²) in [5, 5.41) is 17.4. The fourth-order valence-corrected chi connectivity index (χ4v) is 2.31. The van der Waals surface area contributed by atoms with Crippen molar-refractivity contribution >= 4 is 11.9 Å². The fourth-order valence-electron chi connectivity index (χ4n) is 2.31. The topological polar surface area (TPSA) is 74.6 Å². The van der Waals surface area contributed by atoms with Gasteiger partial charge in [-0.2, -0.15) is 0 Å². The predicted molar refractivity (Wildman–Crippen MR) is 75.2 cm³/mol. The molecule has 0 heterocycles. The summed E-state index contributed by atoms with van der Waals surface area (Å²) >= 11 is 0. The van der Waals surface area contributed by atoms with Crippen molar-refractivity contribution < 1.29 is 19.8 Å². The fraction of sp³-hybridized carbons (Fsp3) is 0.867. The highest BCUT2D eigenvalue weighted by atomic mass is 16.4. The summed E-state index contributed by atoms with van der Waals surface area (Å²) in [7, 11) is 0. The van der Waals surface area contributed by atoms with Crippen LogP contribution in [0.2, 0.25) is 0 Å². The molecule has 0 aromatic carbocycles. The van der Waals surface area contributed by atoms with Gasteiger partial charge in [0.1, 0.15) is 0 Å². The van der Waals surface area contributed by atoms with Crippen LogP contribution in [0.5, 0.6) is 0 Å². The number of carboxylic acids is 2. The molecule has 0 spiro atoms. The summed E-state index contributed by atoms with van der Waals surface area (Å²) in [4.78, 5) is 21.2. The summed E-state index contributed by atoms with van der Waals surface area (Å²) in [5.41, 5.74) is 0. The first-order valence-corrected chi connectivity index (χ1v) is 7.49. The second-order valence-electron chi connectivity index (χ2n) is 5.31. The van der Waals surface area contributed by atoms with Crippen molar-refractivity contribution in [2.24, 2.45) is 5.92 Å². The third-order valence-corrected chi connectivity index (χ3v) is 3.45. The van der Waals surface area contributed by atoms with Gasteiger partial charge in [0.05, 0.1) is 0 Å². The van der Waals surface area contributed by atoms with Crippen LogP contribution in [0.1, 0.15) is 77.6 Å². The Balaban J connectivity index is 3.67. The van der Waals surface area contributed by atoms with Crippen molar-refractivity contribution in [1.82, 2.24) is 0 Å². The Labute approximate surface area is 116 Å². The first-order chi connectivity index (χ1) is 9.06. The molecule has 0 saturated heterocycles. The normalized spacial score (nSPS) is 12.3. The minimum absolute atomic E-state index is 0.0178. The maximum atomic E-state index is 10.7. The predicted octanol–water partition coefficient (Wildman–Crippen LogP) is 4.08. The van der Waals surface area contributed by atoms with E-state index in [2.05, 4.69) is 6.92 Å². The van der Waals surface area contributed by atoms with E-state index in [1.54, 1.807) is 0 Å². The van der Waals surface area contributed by atoms with Gasteiger partial charge in [-0.05, 0) is 18.8 Å². The van der Waals surface area contributed by atoms with E-state index < -0.39 is 11.9 Å². The zero-order chi connectivity index (χ0) is 14.5. The summed E-state index contributed by atoms with van der Waals surface area (Å²) in [6.07, 6.45) is 9.94. The van der Waals surface area contributed by atoms with E-state index >= 15 is 0 Å². The lowest BCUT2D eigenvalue weighted by Crippen LogP contribution is -2.10. The van der Waals surface area contributed by atoms with Crippen molar-refractivity contribution in [3.8, 4) is 0 Å². The van der Waals surface area contributed by atoms with E-state index in [0.29, 0.717) is 6.42 Å². The lowest BCUT2D eigenvalue weighted by molar-refractivity contribution is -0.140. The zero-order valence-corrected chi connectivity index (χ0v) is 12.1. The third kappa shape index (κ3) is 13.2. The monoisotopic (exact) mass is 272 g/mol. The molecule has 4 heteroatoms. The molecule has 0 bridgehead atoms. The lowest BCUT2D eigenvalue weighted by Gasteiger charge is -2.13. The number of rotatable bonds is 13. The van der Waals surface area contributed by atoms with Crippen LogP contribution in [0.25, 0.3) is 0 Å². The molecule has 0 aliphatic rings. The van der Waals surface area contributed by atoms with E-state index in [1.807, 2.05) is 0 Å². The Morgan fingerprint density at radius 3 is 1.95 bits per heavy atom. The van der Waals surface area contributed by atoms with Crippen LogP contribution in [0.3, 0.4) is 0 Å². The molecule has 0 fully saturated rings. The molecule has 0 saturated carbocycles. The molecule has 0 aliphatic heterocycles. The van der Waals surface area contributed by atoms with Crippen LogP contribution in [0.15, 0.2) is 0 Å². The Hall–Kier alpha value is -1.06. The molecule has 0 aromatic rings. The van der Waals surface area contributed by atoms with E-state index in [-0.39, 0.29) is 18.8 Å². The Bertz CT molecular complexity index is 251. The van der Waals surface area contributed by atoms with E-state index in [1.165, 1.54) is 32.1 Å². The van der Waals surface area contributed by atoms with E-state index in [0.717, 1.165) is 19.3 Å². The standard InChI is InChI=1S/C15H28O4/c1-2-3-4-5-6-7-8-9-13(12-15(18)19)10-11-14(16)17/h13H,2-12H2,1H3,(H,16,17)(H,18,19). The molecular weight excluding hydrogens is 244 g/mol. The summed E-state index contributed by atoms with van der Waals surface area (Å²) in [6.45, 7) is 2.19. The van der Waals surface area contributed by atoms with Crippen LogP contribution in [0, 0.1) is 5.92 Å². The molecule has 0 rings (SSSR count). The number of hydrogen-bond acceptors (Lipinski definition) is 2. The van der Waals surface area contributed by atoms with Gasteiger partial charge in [-0.3, -0.25) is 9.59 Å². The molecule has 2 N–H and O–H groups in total. The average molecular weight is 272 g/mol. The van der Waals surface area contributed by atoms with Crippen LogP contribution < -0.4 is 0 Å². The van der Waals surface area contributed by atoms with Gasteiger partial charge < -0.3 is 10.2 Å². The number of carboxylic acid groups (broad SMARTS) is 2. The highest BCUT2D eigenvalue weighted by molar-refractivity contribution is 5.68. The summed E-state index contributed by atoms with van der Waals surface area (Å²) in [5.74, 6) is -1.64. The highest BCUT2D eigenvalue weighted by Gasteiger charge is 2.14. The van der Waals surface area contributed by atoms with Crippen LogP contribution in [-0.2, 0) is 9.59 Å². The maximum Gasteiger partial charge on any atom is 0.303 e. The minimum atomic E-state index is -0.838. The molecule has 0 aliphatic carbocycles. The Morgan fingerprint density at radius 1 is 0.842 bits per heavy atom. The van der Waals surface area contributed by atoms with Gasteiger partial charge in [0.25, 0.3) is 0 Å². The molecular formula is C15H28O4. The smallest absolute Gasteiger partial charge is 0.303 e. The van der Waals surface area contributed by atoms with Crippen LogP contribution in [0.4, 0.5) is 0 Å². The van der Waals surface area contributed by atoms with E-state index in [4.69, 9.17) is 10.2 Å². The van der Waals surface area contributed by atoms with Gasteiger partial charge in [-0.25, -0.2) is 0 Å². The summed E-state index contributed by atoms with van der Waals surface area (Å²) < 4.78 is 0. The molecule has 0 aromatic heterocycles.